The van der Waals surface area contributed by atoms with Crippen LogP contribution < -0.4 is 15.5 Å². The Morgan fingerprint density at radius 1 is 0.933 bits per heavy atom. The first kappa shape index (κ1) is 20.5. The summed E-state index contributed by atoms with van der Waals surface area (Å²) < 4.78 is 5.15. The Hall–Kier alpha value is -4.26. The maximum atomic E-state index is 12.7. The van der Waals surface area contributed by atoms with E-state index in [1.165, 1.54) is 6.21 Å². The van der Waals surface area contributed by atoms with Crippen molar-refractivity contribution >= 4 is 24.1 Å². The van der Waals surface area contributed by atoms with Crippen molar-refractivity contribution in [1.29, 1.82) is 0 Å². The third kappa shape index (κ3) is 5.87. The van der Waals surface area contributed by atoms with Crippen molar-refractivity contribution in [1.82, 2.24) is 15.7 Å². The summed E-state index contributed by atoms with van der Waals surface area (Å²) in [6.07, 6.45) is 6.30. The van der Waals surface area contributed by atoms with Gasteiger partial charge in [0.15, 0.2) is 0 Å². The normalized spacial score (nSPS) is 11.2. The number of methoxy groups -OCH3 is 1. The predicted octanol–water partition coefficient (Wildman–Crippen LogP) is 3.01. The maximum Gasteiger partial charge on any atom is 0.287 e. The molecule has 0 unspecified atom stereocenters. The third-order valence-corrected chi connectivity index (χ3v) is 4.04. The zero-order valence-electron chi connectivity index (χ0n) is 16.3. The summed E-state index contributed by atoms with van der Waals surface area (Å²) in [5, 5.41) is 6.60. The second-order valence-electron chi connectivity index (χ2n) is 6.13. The monoisotopic (exact) mass is 400 g/mol. The van der Waals surface area contributed by atoms with E-state index in [1.54, 1.807) is 86.2 Å². The van der Waals surface area contributed by atoms with Crippen molar-refractivity contribution in [3.05, 3.63) is 102 Å². The van der Waals surface area contributed by atoms with E-state index in [0.717, 1.165) is 5.56 Å². The minimum Gasteiger partial charge on any atom is -0.497 e. The molecule has 2 N–H and O–H groups in total. The van der Waals surface area contributed by atoms with Crippen molar-refractivity contribution in [2.75, 3.05) is 7.11 Å². The summed E-state index contributed by atoms with van der Waals surface area (Å²) in [4.78, 5) is 29.2. The zero-order chi connectivity index (χ0) is 21.2. The molecule has 150 valence electrons. The molecule has 0 fully saturated rings. The van der Waals surface area contributed by atoms with Crippen molar-refractivity contribution in [2.45, 2.75) is 0 Å². The Labute approximate surface area is 174 Å². The Morgan fingerprint density at radius 2 is 1.63 bits per heavy atom. The van der Waals surface area contributed by atoms with Crippen LogP contribution in [0.15, 0.2) is 89.9 Å². The molecule has 3 rings (SSSR count). The predicted molar refractivity (Wildman–Crippen MR) is 115 cm³/mol. The molecule has 2 aromatic carbocycles. The van der Waals surface area contributed by atoms with Crippen LogP contribution in [0.3, 0.4) is 0 Å². The number of ether oxygens (including phenoxy) is 1. The number of nitrogens with zero attached hydrogens (tertiary/aromatic N) is 2. The van der Waals surface area contributed by atoms with Crippen molar-refractivity contribution in [2.24, 2.45) is 5.10 Å². The number of nitrogens with one attached hydrogen (secondary N) is 2. The third-order valence-electron chi connectivity index (χ3n) is 4.04. The molecule has 1 heterocycles. The van der Waals surface area contributed by atoms with Crippen LogP contribution in [0.5, 0.6) is 5.75 Å². The first-order valence-corrected chi connectivity index (χ1v) is 9.11. The highest BCUT2D eigenvalue weighted by atomic mass is 16.5. The summed E-state index contributed by atoms with van der Waals surface area (Å²) in [5.74, 6) is -0.266. The summed E-state index contributed by atoms with van der Waals surface area (Å²) in [7, 11) is 1.57. The number of hydrogen-bond donors (Lipinski definition) is 2. The van der Waals surface area contributed by atoms with Gasteiger partial charge in [0.25, 0.3) is 11.8 Å². The number of carbonyl (C=O) groups is 2. The number of pyridine rings is 1. The number of rotatable bonds is 7. The van der Waals surface area contributed by atoms with E-state index < -0.39 is 11.8 Å². The Bertz CT molecular complexity index is 1050. The van der Waals surface area contributed by atoms with Gasteiger partial charge in [-0.05, 0) is 53.6 Å². The van der Waals surface area contributed by atoms with E-state index >= 15 is 0 Å². The van der Waals surface area contributed by atoms with Crippen LogP contribution >= 0.6 is 0 Å². The van der Waals surface area contributed by atoms with Gasteiger partial charge in [-0.1, -0.05) is 30.3 Å². The molecular weight excluding hydrogens is 380 g/mol. The lowest BCUT2D eigenvalue weighted by Crippen LogP contribution is -2.32. The summed E-state index contributed by atoms with van der Waals surface area (Å²) in [6.45, 7) is 0. The topological polar surface area (TPSA) is 92.7 Å². The van der Waals surface area contributed by atoms with E-state index in [0.29, 0.717) is 16.9 Å². The molecule has 0 bridgehead atoms. The van der Waals surface area contributed by atoms with E-state index in [9.17, 15) is 9.59 Å². The first-order chi connectivity index (χ1) is 14.7. The first-order valence-electron chi connectivity index (χ1n) is 9.11. The molecule has 0 spiro atoms. The van der Waals surface area contributed by atoms with Gasteiger partial charge in [0.05, 0.1) is 13.3 Å². The zero-order valence-corrected chi connectivity index (χ0v) is 16.3. The lowest BCUT2D eigenvalue weighted by molar-refractivity contribution is -0.117. The van der Waals surface area contributed by atoms with E-state index in [4.69, 9.17) is 4.74 Å². The van der Waals surface area contributed by atoms with Crippen LogP contribution in [-0.4, -0.2) is 30.1 Å². The molecule has 30 heavy (non-hydrogen) atoms. The lowest BCUT2D eigenvalue weighted by atomic mass is 10.1. The highest BCUT2D eigenvalue weighted by Crippen LogP contribution is 2.14. The Balaban J connectivity index is 1.80. The molecule has 7 heteroatoms. The fourth-order valence-electron chi connectivity index (χ4n) is 2.48. The molecule has 7 nitrogen and oxygen atoms in total. The number of hydrazone groups is 1. The van der Waals surface area contributed by atoms with Gasteiger partial charge in [-0.25, -0.2) is 5.43 Å². The van der Waals surface area contributed by atoms with Gasteiger partial charge in [-0.3, -0.25) is 14.6 Å². The molecule has 0 aliphatic carbocycles. The van der Waals surface area contributed by atoms with Gasteiger partial charge >= 0.3 is 0 Å². The summed E-state index contributed by atoms with van der Waals surface area (Å²) in [6, 6.07) is 19.2. The van der Waals surface area contributed by atoms with Gasteiger partial charge in [0.2, 0.25) is 0 Å². The van der Waals surface area contributed by atoms with Gasteiger partial charge in [0, 0.05) is 18.0 Å². The van der Waals surface area contributed by atoms with Gasteiger partial charge in [0.1, 0.15) is 11.4 Å². The average Bonchev–Trinajstić information content (AvgIpc) is 2.80. The van der Waals surface area contributed by atoms with Crippen molar-refractivity contribution in [3.63, 3.8) is 0 Å². The fraction of sp³-hybridized carbons (Fsp3) is 0.0435. The number of benzene rings is 2. The lowest BCUT2D eigenvalue weighted by Gasteiger charge is -2.09. The minimum atomic E-state index is -0.555. The van der Waals surface area contributed by atoms with Crippen molar-refractivity contribution < 1.29 is 14.3 Å². The Morgan fingerprint density at radius 3 is 2.30 bits per heavy atom. The molecular formula is C23H20N4O3. The number of carbonyl (C=O) groups excluding carboxylic acids is 2. The molecule has 1 aromatic heterocycles. The molecule has 0 radical (unpaired) electrons. The number of amides is 2. The number of aromatic nitrogens is 1. The van der Waals surface area contributed by atoms with Crippen LogP contribution in [0.2, 0.25) is 0 Å². The van der Waals surface area contributed by atoms with Crippen LogP contribution in [0.25, 0.3) is 6.08 Å². The Kier molecular flexibility index (Phi) is 7.05. The molecule has 2 amide bonds. The van der Waals surface area contributed by atoms with Crippen LogP contribution in [0, 0.1) is 0 Å². The van der Waals surface area contributed by atoms with E-state index in [1.807, 2.05) is 6.07 Å². The quantitative estimate of drug-likeness (QED) is 0.362. The minimum absolute atomic E-state index is 0.0564. The van der Waals surface area contributed by atoms with Gasteiger partial charge < -0.3 is 10.1 Å². The highest BCUT2D eigenvalue weighted by Gasteiger charge is 2.14. The smallest absolute Gasteiger partial charge is 0.287 e. The second kappa shape index (κ2) is 10.3. The maximum absolute atomic E-state index is 12.7. The SMILES string of the molecule is COc1ccc(/C=C(/NC(=O)c2ccccc2)C(=O)NN=Cc2ccncc2)cc1. The average molecular weight is 400 g/mol. The van der Waals surface area contributed by atoms with E-state index in [2.05, 4.69) is 20.8 Å². The summed E-state index contributed by atoms with van der Waals surface area (Å²) in [5.41, 5.74) is 4.42. The van der Waals surface area contributed by atoms with Crippen LogP contribution in [-0.2, 0) is 4.79 Å². The molecule has 0 atom stereocenters. The molecule has 0 saturated heterocycles. The van der Waals surface area contributed by atoms with Crippen LogP contribution in [0.4, 0.5) is 0 Å². The van der Waals surface area contributed by atoms with Crippen LogP contribution in [0.1, 0.15) is 21.5 Å². The molecule has 0 aliphatic heterocycles. The van der Waals surface area contributed by atoms with Crippen molar-refractivity contribution in [3.8, 4) is 5.75 Å². The summed E-state index contributed by atoms with van der Waals surface area (Å²) >= 11 is 0. The molecule has 3 aromatic rings. The second-order valence-corrected chi connectivity index (χ2v) is 6.13. The van der Waals surface area contributed by atoms with Gasteiger partial charge in [-0.2, -0.15) is 5.10 Å². The molecule has 0 saturated carbocycles. The molecule has 0 aliphatic rings. The standard InChI is InChI=1S/C23H20N4O3/c1-30-20-9-7-17(8-10-20)15-21(26-22(28)19-5-3-2-4-6-19)23(29)27-25-16-18-11-13-24-14-12-18/h2-16H,1H3,(H,26,28)(H,27,29)/b21-15+,25-16?. The highest BCUT2D eigenvalue weighted by molar-refractivity contribution is 6.05. The number of hydrogen-bond acceptors (Lipinski definition) is 5. The van der Waals surface area contributed by atoms with Gasteiger partial charge in [-0.15, -0.1) is 0 Å². The van der Waals surface area contributed by atoms with E-state index in [-0.39, 0.29) is 5.70 Å². The largest absolute Gasteiger partial charge is 0.497 e. The fourth-order valence-corrected chi connectivity index (χ4v) is 2.48.